The highest BCUT2D eigenvalue weighted by molar-refractivity contribution is 5.94. The third-order valence-electron chi connectivity index (χ3n) is 3.40. The Bertz CT molecular complexity index is 531. The molecule has 1 fully saturated rings. The molecule has 0 aliphatic carbocycles. The average Bonchev–Trinajstić information content (AvgIpc) is 2.53. The van der Waals surface area contributed by atoms with Crippen LogP contribution in [0.2, 0.25) is 0 Å². The summed E-state index contributed by atoms with van der Waals surface area (Å²) in [5, 5.41) is 8.52. The molecule has 6 heteroatoms. The number of piperazine rings is 1. The zero-order chi connectivity index (χ0) is 15.2. The first-order chi connectivity index (χ1) is 10.1. The topological polar surface area (TPSA) is 70.1 Å². The molecular formula is C15H18N2O4. The maximum atomic E-state index is 11.8. The predicted octanol–water partition coefficient (Wildman–Crippen LogP) is 0.985. The summed E-state index contributed by atoms with van der Waals surface area (Å²) in [6.07, 6.45) is 1.98. The van der Waals surface area contributed by atoms with E-state index in [0.29, 0.717) is 13.1 Å². The lowest BCUT2D eigenvalue weighted by atomic mass is 10.2. The van der Waals surface area contributed by atoms with Crippen LogP contribution in [0.1, 0.15) is 0 Å². The lowest BCUT2D eigenvalue weighted by Crippen LogP contribution is -2.48. The van der Waals surface area contributed by atoms with Crippen LogP contribution < -0.4 is 9.64 Å². The summed E-state index contributed by atoms with van der Waals surface area (Å²) in [6.45, 7) is 2.60. The summed E-state index contributed by atoms with van der Waals surface area (Å²) in [7, 11) is 1.63. The lowest BCUT2D eigenvalue weighted by Gasteiger charge is -2.35. The second-order valence-electron chi connectivity index (χ2n) is 4.68. The molecule has 2 rings (SSSR count). The Hall–Kier alpha value is -2.50. The van der Waals surface area contributed by atoms with Gasteiger partial charge in [0.05, 0.1) is 7.11 Å². The van der Waals surface area contributed by atoms with Gasteiger partial charge < -0.3 is 19.6 Å². The Balaban J connectivity index is 1.90. The van der Waals surface area contributed by atoms with Crippen molar-refractivity contribution >= 4 is 17.6 Å². The molecule has 1 saturated heterocycles. The highest BCUT2D eigenvalue weighted by atomic mass is 16.5. The van der Waals surface area contributed by atoms with Crippen LogP contribution in [0.25, 0.3) is 0 Å². The van der Waals surface area contributed by atoms with E-state index in [1.807, 2.05) is 24.3 Å². The van der Waals surface area contributed by atoms with Crippen molar-refractivity contribution in [2.45, 2.75) is 0 Å². The molecule has 1 aliphatic heterocycles. The van der Waals surface area contributed by atoms with Gasteiger partial charge in [0.25, 0.3) is 0 Å². The molecule has 1 amide bonds. The molecular weight excluding hydrogens is 272 g/mol. The average molecular weight is 290 g/mol. The van der Waals surface area contributed by atoms with Gasteiger partial charge in [-0.3, -0.25) is 4.79 Å². The largest absolute Gasteiger partial charge is 0.497 e. The first-order valence-electron chi connectivity index (χ1n) is 6.69. The summed E-state index contributed by atoms with van der Waals surface area (Å²) in [6, 6.07) is 7.78. The SMILES string of the molecule is COc1ccc(N2CCN(C(=O)/C=C\C(=O)O)CC2)cc1. The molecule has 0 radical (unpaired) electrons. The molecule has 6 nitrogen and oxygen atoms in total. The molecule has 0 atom stereocenters. The maximum absolute atomic E-state index is 11.8. The highest BCUT2D eigenvalue weighted by Crippen LogP contribution is 2.20. The molecule has 0 aromatic heterocycles. The van der Waals surface area contributed by atoms with Crippen molar-refractivity contribution in [1.29, 1.82) is 0 Å². The van der Waals surface area contributed by atoms with Crippen molar-refractivity contribution in [3.8, 4) is 5.75 Å². The van der Waals surface area contributed by atoms with Crippen molar-refractivity contribution < 1.29 is 19.4 Å². The molecule has 112 valence electrons. The van der Waals surface area contributed by atoms with Crippen LogP contribution in [0.5, 0.6) is 5.75 Å². The normalized spacial score (nSPS) is 15.3. The van der Waals surface area contributed by atoms with Crippen molar-refractivity contribution in [3.63, 3.8) is 0 Å². The number of carbonyl (C=O) groups excluding carboxylic acids is 1. The molecule has 1 aromatic carbocycles. The fourth-order valence-electron chi connectivity index (χ4n) is 2.23. The van der Waals surface area contributed by atoms with Crippen LogP contribution in [-0.2, 0) is 9.59 Å². The minimum absolute atomic E-state index is 0.258. The Kier molecular flexibility index (Phi) is 4.81. The van der Waals surface area contributed by atoms with Crippen molar-refractivity contribution in [2.75, 3.05) is 38.2 Å². The van der Waals surface area contributed by atoms with Gasteiger partial charge in [0.1, 0.15) is 5.75 Å². The number of amides is 1. The summed E-state index contributed by atoms with van der Waals surface area (Å²) < 4.78 is 5.12. The molecule has 1 heterocycles. The number of carbonyl (C=O) groups is 2. The monoisotopic (exact) mass is 290 g/mol. The molecule has 1 N–H and O–H groups in total. The smallest absolute Gasteiger partial charge is 0.328 e. The van der Waals surface area contributed by atoms with E-state index in [4.69, 9.17) is 9.84 Å². The summed E-state index contributed by atoms with van der Waals surface area (Å²) in [5.41, 5.74) is 1.09. The van der Waals surface area contributed by atoms with Crippen molar-refractivity contribution in [1.82, 2.24) is 4.90 Å². The maximum Gasteiger partial charge on any atom is 0.328 e. The zero-order valence-electron chi connectivity index (χ0n) is 11.9. The number of carboxylic acids is 1. The van der Waals surface area contributed by atoms with Crippen molar-refractivity contribution in [2.24, 2.45) is 0 Å². The fourth-order valence-corrected chi connectivity index (χ4v) is 2.23. The molecule has 21 heavy (non-hydrogen) atoms. The first-order valence-corrected chi connectivity index (χ1v) is 6.69. The van der Waals surface area contributed by atoms with Gasteiger partial charge in [0.2, 0.25) is 5.91 Å². The number of hydrogen-bond acceptors (Lipinski definition) is 4. The number of rotatable bonds is 4. The van der Waals surface area contributed by atoms with Crippen LogP contribution >= 0.6 is 0 Å². The predicted molar refractivity (Wildman–Crippen MR) is 78.6 cm³/mol. The van der Waals surface area contributed by atoms with E-state index in [0.717, 1.165) is 36.7 Å². The Morgan fingerprint density at radius 3 is 2.24 bits per heavy atom. The number of nitrogens with zero attached hydrogens (tertiary/aromatic N) is 2. The number of methoxy groups -OCH3 is 1. The second kappa shape index (κ2) is 6.78. The second-order valence-corrected chi connectivity index (χ2v) is 4.68. The Morgan fingerprint density at radius 2 is 1.71 bits per heavy atom. The molecule has 0 spiro atoms. The van der Waals surface area contributed by atoms with Gasteiger partial charge >= 0.3 is 5.97 Å². The number of anilines is 1. The third-order valence-corrected chi connectivity index (χ3v) is 3.40. The minimum Gasteiger partial charge on any atom is -0.497 e. The molecule has 0 unspecified atom stereocenters. The first kappa shape index (κ1) is 14.9. The van der Waals surface area contributed by atoms with Crippen LogP contribution in [0.4, 0.5) is 5.69 Å². The van der Waals surface area contributed by atoms with E-state index in [9.17, 15) is 9.59 Å². The van der Waals surface area contributed by atoms with E-state index in [2.05, 4.69) is 4.90 Å². The van der Waals surface area contributed by atoms with Gasteiger partial charge in [-0.2, -0.15) is 0 Å². The molecule has 0 bridgehead atoms. The van der Waals surface area contributed by atoms with Crippen LogP contribution in [0, 0.1) is 0 Å². The van der Waals surface area contributed by atoms with E-state index in [1.54, 1.807) is 12.0 Å². The minimum atomic E-state index is -1.11. The van der Waals surface area contributed by atoms with Gasteiger partial charge in [-0.15, -0.1) is 0 Å². The molecule has 1 aliphatic rings. The molecule has 1 aromatic rings. The van der Waals surface area contributed by atoms with E-state index in [1.165, 1.54) is 0 Å². The number of ether oxygens (including phenoxy) is 1. The standard InChI is InChI=1S/C15H18N2O4/c1-21-13-4-2-12(3-5-13)16-8-10-17(11-9-16)14(18)6-7-15(19)20/h2-7H,8-11H2,1H3,(H,19,20)/b7-6-. The molecule has 0 saturated carbocycles. The van der Waals surface area contributed by atoms with Crippen LogP contribution in [0.3, 0.4) is 0 Å². The van der Waals surface area contributed by atoms with Gasteiger partial charge in [-0.25, -0.2) is 4.79 Å². The number of aliphatic carboxylic acids is 1. The fraction of sp³-hybridized carbons (Fsp3) is 0.333. The number of hydrogen-bond donors (Lipinski definition) is 1. The third kappa shape index (κ3) is 3.98. The van der Waals surface area contributed by atoms with E-state index in [-0.39, 0.29) is 5.91 Å². The van der Waals surface area contributed by atoms with Crippen LogP contribution in [0.15, 0.2) is 36.4 Å². The Labute approximate surface area is 123 Å². The van der Waals surface area contributed by atoms with Crippen molar-refractivity contribution in [3.05, 3.63) is 36.4 Å². The lowest BCUT2D eigenvalue weighted by molar-refractivity contribution is -0.132. The highest BCUT2D eigenvalue weighted by Gasteiger charge is 2.19. The van der Waals surface area contributed by atoms with Gasteiger partial charge in [0.15, 0.2) is 0 Å². The van der Waals surface area contributed by atoms with E-state index >= 15 is 0 Å². The summed E-state index contributed by atoms with van der Waals surface area (Å²) >= 11 is 0. The summed E-state index contributed by atoms with van der Waals surface area (Å²) in [4.78, 5) is 26.0. The zero-order valence-corrected chi connectivity index (χ0v) is 11.9. The van der Waals surface area contributed by atoms with Gasteiger partial charge in [-0.05, 0) is 24.3 Å². The van der Waals surface area contributed by atoms with E-state index < -0.39 is 5.97 Å². The van der Waals surface area contributed by atoms with Crippen LogP contribution in [-0.4, -0.2) is 55.2 Å². The quantitative estimate of drug-likeness (QED) is 0.837. The summed E-state index contributed by atoms with van der Waals surface area (Å²) in [5.74, 6) is -0.557. The Morgan fingerprint density at radius 1 is 1.10 bits per heavy atom. The number of benzene rings is 1. The van der Waals surface area contributed by atoms with Gasteiger partial charge in [0, 0.05) is 44.0 Å². The van der Waals surface area contributed by atoms with Gasteiger partial charge in [-0.1, -0.05) is 0 Å². The number of carboxylic acid groups (broad SMARTS) is 1.